The number of nitrogens with one attached hydrogen (secondary N) is 1. The molecule has 0 aliphatic heterocycles. The van der Waals surface area contributed by atoms with Crippen LogP contribution >= 0.6 is 0 Å². The molecule has 0 fully saturated rings. The zero-order valence-corrected chi connectivity index (χ0v) is 14.8. The summed E-state index contributed by atoms with van der Waals surface area (Å²) in [6.45, 7) is 6.83. The lowest BCUT2D eigenvalue weighted by Gasteiger charge is -2.31. The van der Waals surface area contributed by atoms with Crippen molar-refractivity contribution in [3.8, 4) is 0 Å². The van der Waals surface area contributed by atoms with Gasteiger partial charge in [-0.3, -0.25) is 4.79 Å². The maximum absolute atomic E-state index is 13.6. The van der Waals surface area contributed by atoms with E-state index in [1.807, 2.05) is 0 Å². The molecule has 3 nitrogen and oxygen atoms in total. The van der Waals surface area contributed by atoms with E-state index >= 15 is 0 Å². The minimum absolute atomic E-state index is 0.0804. The van der Waals surface area contributed by atoms with Gasteiger partial charge in [-0.15, -0.1) is 0 Å². The van der Waals surface area contributed by atoms with Gasteiger partial charge in [-0.1, -0.05) is 13.8 Å². The summed E-state index contributed by atoms with van der Waals surface area (Å²) in [5, 5.41) is 2.53. The highest BCUT2D eigenvalue weighted by Crippen LogP contribution is 2.37. The molecule has 3 N–H and O–H groups in total. The van der Waals surface area contributed by atoms with Crippen molar-refractivity contribution >= 4 is 5.91 Å². The molecule has 0 aromatic heterocycles. The third-order valence-corrected chi connectivity index (χ3v) is 3.95. The molecule has 0 heterocycles. The summed E-state index contributed by atoms with van der Waals surface area (Å²) in [5.74, 6) is -4.21. The lowest BCUT2D eigenvalue weighted by Crippen LogP contribution is -2.50. The van der Waals surface area contributed by atoms with Gasteiger partial charge in [-0.2, -0.15) is 13.2 Å². The maximum Gasteiger partial charge on any atom is 0.416 e. The number of hydrogen-bond acceptors (Lipinski definition) is 2. The quantitative estimate of drug-likeness (QED) is 0.769. The van der Waals surface area contributed by atoms with E-state index in [9.17, 15) is 26.7 Å². The van der Waals surface area contributed by atoms with Gasteiger partial charge in [-0.25, -0.2) is 8.78 Å². The highest BCUT2D eigenvalue weighted by molar-refractivity contribution is 5.82. The van der Waals surface area contributed by atoms with Crippen molar-refractivity contribution in [2.24, 2.45) is 11.7 Å². The summed E-state index contributed by atoms with van der Waals surface area (Å²) < 4.78 is 66.4. The summed E-state index contributed by atoms with van der Waals surface area (Å²) in [4.78, 5) is 12.1. The molecule has 0 unspecified atom stereocenters. The largest absolute Gasteiger partial charge is 0.416 e. The van der Waals surface area contributed by atoms with Gasteiger partial charge in [0.05, 0.1) is 17.1 Å². The third-order valence-electron chi connectivity index (χ3n) is 3.95. The topological polar surface area (TPSA) is 55.1 Å². The lowest BCUT2D eigenvalue weighted by atomic mass is 9.89. The Morgan fingerprint density at radius 2 is 1.40 bits per heavy atom. The summed E-state index contributed by atoms with van der Waals surface area (Å²) >= 11 is 0. The first-order chi connectivity index (χ1) is 11.1. The predicted octanol–water partition coefficient (Wildman–Crippen LogP) is 4.15. The molecule has 0 saturated heterocycles. The molecule has 0 aliphatic rings. The standard InChI is InChI=1S/C17H23F5N2O/c1-9(2)13(23)14(25)24-15(3,4)10-6-11(16(5,18)19)8-12(7-10)17(20,21)22/h6-9,13H,23H2,1-5H3,(H,24,25)/t13-/m1/s1. The molecule has 1 rings (SSSR count). The first-order valence-corrected chi connectivity index (χ1v) is 7.74. The number of rotatable bonds is 5. The van der Waals surface area contributed by atoms with Crippen LogP contribution < -0.4 is 11.1 Å². The molecule has 0 saturated carbocycles. The van der Waals surface area contributed by atoms with E-state index in [0.717, 1.165) is 12.1 Å². The normalized spacial score (nSPS) is 14.6. The van der Waals surface area contributed by atoms with Crippen molar-refractivity contribution in [3.05, 3.63) is 34.9 Å². The van der Waals surface area contributed by atoms with E-state index in [1.54, 1.807) is 13.8 Å². The fourth-order valence-corrected chi connectivity index (χ4v) is 2.17. The van der Waals surface area contributed by atoms with Crippen LogP contribution in [0.5, 0.6) is 0 Å². The van der Waals surface area contributed by atoms with Gasteiger partial charge in [0, 0.05) is 12.5 Å². The molecular weight excluding hydrogens is 343 g/mol. The van der Waals surface area contributed by atoms with Crippen LogP contribution in [0, 0.1) is 5.92 Å². The zero-order valence-electron chi connectivity index (χ0n) is 14.8. The van der Waals surface area contributed by atoms with E-state index in [4.69, 9.17) is 5.73 Å². The van der Waals surface area contributed by atoms with Crippen molar-refractivity contribution in [2.75, 3.05) is 0 Å². The fourth-order valence-electron chi connectivity index (χ4n) is 2.17. The second kappa shape index (κ2) is 6.90. The summed E-state index contributed by atoms with van der Waals surface area (Å²) in [6.07, 6.45) is -4.79. The highest BCUT2D eigenvalue weighted by atomic mass is 19.4. The van der Waals surface area contributed by atoms with Crippen LogP contribution in [0.1, 0.15) is 51.3 Å². The van der Waals surface area contributed by atoms with Crippen LogP contribution in [0.4, 0.5) is 22.0 Å². The molecule has 0 aliphatic carbocycles. The van der Waals surface area contributed by atoms with Crippen LogP contribution in [-0.4, -0.2) is 11.9 Å². The van der Waals surface area contributed by atoms with E-state index in [2.05, 4.69) is 5.32 Å². The zero-order chi connectivity index (χ0) is 19.8. The SMILES string of the molecule is CC(C)[C@@H](N)C(=O)NC(C)(C)c1cc(C(C)(F)F)cc(C(F)(F)F)c1. The third kappa shape index (κ3) is 5.39. The van der Waals surface area contributed by atoms with Crippen LogP contribution in [0.25, 0.3) is 0 Å². The summed E-state index contributed by atoms with van der Waals surface area (Å²) in [5.41, 5.74) is 2.37. The molecule has 142 valence electrons. The van der Waals surface area contributed by atoms with Gasteiger partial charge in [0.2, 0.25) is 5.91 Å². The van der Waals surface area contributed by atoms with Gasteiger partial charge in [-0.05, 0) is 43.5 Å². The number of benzene rings is 1. The molecule has 25 heavy (non-hydrogen) atoms. The number of nitrogens with two attached hydrogens (primary N) is 1. The van der Waals surface area contributed by atoms with Gasteiger partial charge in [0.15, 0.2) is 0 Å². The van der Waals surface area contributed by atoms with Crippen LogP contribution in [0.2, 0.25) is 0 Å². The van der Waals surface area contributed by atoms with Gasteiger partial charge in [0.25, 0.3) is 5.92 Å². The Bertz CT molecular complexity index is 601. The first kappa shape index (κ1) is 21.3. The second-order valence-corrected chi connectivity index (χ2v) is 7.07. The summed E-state index contributed by atoms with van der Waals surface area (Å²) in [6, 6.07) is 1.28. The van der Waals surface area contributed by atoms with Gasteiger partial charge >= 0.3 is 6.18 Å². The van der Waals surface area contributed by atoms with Crippen LogP contribution in [0.3, 0.4) is 0 Å². The van der Waals surface area contributed by atoms with Crippen LogP contribution in [-0.2, 0) is 22.4 Å². The van der Waals surface area contributed by atoms with Crippen molar-refractivity contribution in [2.45, 2.75) is 58.3 Å². The average molecular weight is 366 g/mol. The minimum Gasteiger partial charge on any atom is -0.346 e. The highest BCUT2D eigenvalue weighted by Gasteiger charge is 2.37. The molecule has 1 amide bonds. The lowest BCUT2D eigenvalue weighted by molar-refractivity contribution is -0.137. The Morgan fingerprint density at radius 1 is 0.960 bits per heavy atom. The number of halogens is 5. The van der Waals surface area contributed by atoms with Crippen molar-refractivity contribution < 1.29 is 26.7 Å². The number of amides is 1. The van der Waals surface area contributed by atoms with Crippen LogP contribution in [0.15, 0.2) is 18.2 Å². The maximum atomic E-state index is 13.6. The Kier molecular flexibility index (Phi) is 5.89. The van der Waals surface area contributed by atoms with Crippen molar-refractivity contribution in [1.82, 2.24) is 5.32 Å². The monoisotopic (exact) mass is 366 g/mol. The Labute approximate surface area is 143 Å². The fraction of sp³-hybridized carbons (Fsp3) is 0.588. The second-order valence-electron chi connectivity index (χ2n) is 7.07. The molecule has 1 aromatic carbocycles. The average Bonchev–Trinajstić information content (AvgIpc) is 2.43. The Morgan fingerprint density at radius 3 is 1.80 bits per heavy atom. The number of hydrogen-bond donors (Lipinski definition) is 2. The molecule has 1 atom stereocenters. The summed E-state index contributed by atoms with van der Waals surface area (Å²) in [7, 11) is 0. The molecule has 1 aromatic rings. The van der Waals surface area contributed by atoms with Gasteiger partial charge < -0.3 is 11.1 Å². The smallest absolute Gasteiger partial charge is 0.346 e. The molecule has 0 radical (unpaired) electrons. The first-order valence-electron chi connectivity index (χ1n) is 7.74. The van der Waals surface area contributed by atoms with E-state index < -0.39 is 40.7 Å². The van der Waals surface area contributed by atoms with E-state index in [1.165, 1.54) is 13.8 Å². The van der Waals surface area contributed by atoms with Gasteiger partial charge in [0.1, 0.15) is 0 Å². The minimum atomic E-state index is -4.79. The number of carbonyl (C=O) groups excluding carboxylic acids is 1. The Balaban J connectivity index is 3.36. The molecular formula is C17H23F5N2O. The molecule has 0 bridgehead atoms. The predicted molar refractivity (Wildman–Crippen MR) is 85.0 cm³/mol. The van der Waals surface area contributed by atoms with Crippen molar-refractivity contribution in [1.29, 1.82) is 0 Å². The number of alkyl halides is 5. The Hall–Kier alpha value is -1.70. The molecule has 8 heteroatoms. The van der Waals surface area contributed by atoms with E-state index in [0.29, 0.717) is 13.0 Å². The molecule has 0 spiro atoms. The van der Waals surface area contributed by atoms with Crippen molar-refractivity contribution in [3.63, 3.8) is 0 Å². The van der Waals surface area contributed by atoms with E-state index in [-0.39, 0.29) is 11.5 Å². The number of carbonyl (C=O) groups is 1.